The summed E-state index contributed by atoms with van der Waals surface area (Å²) in [5.74, 6) is -1.51. The topological polar surface area (TPSA) is 66.8 Å². The highest BCUT2D eigenvalue weighted by molar-refractivity contribution is 9.10. The molecule has 2 aromatic rings. The number of phenols is 2. The van der Waals surface area contributed by atoms with Crippen LogP contribution in [-0.4, -0.2) is 16.2 Å². The van der Waals surface area contributed by atoms with Gasteiger partial charge in [-0.25, -0.2) is 4.79 Å². The van der Waals surface area contributed by atoms with Crippen molar-refractivity contribution in [3.8, 4) is 11.5 Å². The van der Waals surface area contributed by atoms with Gasteiger partial charge in [0.2, 0.25) is 0 Å². The molecule has 0 fully saturated rings. The number of halogens is 1. The number of aromatic hydroxyl groups is 2. The number of ether oxygens (including phenoxy) is 1. The molecular weight excluding hydrogens is 324 g/mol. The molecule has 0 bridgehead atoms. The number of carbonyl (C=O) groups is 1. The molecule has 0 saturated heterocycles. The normalized spacial score (nSPS) is 11.9. The van der Waals surface area contributed by atoms with Crippen LogP contribution in [0.4, 0.5) is 0 Å². The van der Waals surface area contributed by atoms with E-state index in [0.29, 0.717) is 0 Å². The number of phenolic OH excluding ortho intramolecular Hbond substituents is 2. The van der Waals surface area contributed by atoms with Crippen molar-refractivity contribution in [2.75, 3.05) is 0 Å². The highest BCUT2D eigenvalue weighted by atomic mass is 79.9. The van der Waals surface area contributed by atoms with E-state index >= 15 is 0 Å². The lowest BCUT2D eigenvalue weighted by atomic mass is 10.1. The second-order valence-electron chi connectivity index (χ2n) is 4.27. The number of benzene rings is 2. The van der Waals surface area contributed by atoms with E-state index in [4.69, 9.17) is 4.74 Å². The molecule has 0 aliphatic heterocycles. The van der Waals surface area contributed by atoms with Crippen molar-refractivity contribution in [3.05, 3.63) is 58.1 Å². The van der Waals surface area contributed by atoms with Crippen molar-refractivity contribution >= 4 is 21.9 Å². The smallest absolute Gasteiger partial charge is 0.342 e. The van der Waals surface area contributed by atoms with Crippen LogP contribution in [-0.2, 0) is 4.74 Å². The van der Waals surface area contributed by atoms with Gasteiger partial charge in [-0.2, -0.15) is 0 Å². The molecule has 2 N–H and O–H groups in total. The standard InChI is InChI=1S/C15H13BrO4/c1-9(10-5-7-11(16)8-6-10)20-15(19)12-3-2-4-13(17)14(12)18/h2-9,17-18H,1H3/t9-/m1/s1. The first-order valence-corrected chi connectivity index (χ1v) is 6.75. The summed E-state index contributed by atoms with van der Waals surface area (Å²) in [6.45, 7) is 1.74. The number of para-hydroxylation sites is 1. The Morgan fingerprint density at radius 2 is 1.80 bits per heavy atom. The molecule has 0 heterocycles. The van der Waals surface area contributed by atoms with E-state index in [0.717, 1.165) is 10.0 Å². The van der Waals surface area contributed by atoms with Gasteiger partial charge in [-0.05, 0) is 36.8 Å². The molecule has 20 heavy (non-hydrogen) atoms. The maximum atomic E-state index is 12.0. The van der Waals surface area contributed by atoms with Crippen LogP contribution in [0.3, 0.4) is 0 Å². The number of hydrogen-bond acceptors (Lipinski definition) is 4. The summed E-state index contributed by atoms with van der Waals surface area (Å²) < 4.78 is 6.21. The Balaban J connectivity index is 2.15. The molecule has 2 rings (SSSR count). The molecular formula is C15H13BrO4. The molecule has 0 unspecified atom stereocenters. The van der Waals surface area contributed by atoms with Crippen molar-refractivity contribution in [3.63, 3.8) is 0 Å². The Bertz CT molecular complexity index is 622. The molecule has 2 aromatic carbocycles. The molecule has 0 aliphatic carbocycles. The quantitative estimate of drug-likeness (QED) is 0.661. The minimum atomic E-state index is -0.686. The highest BCUT2D eigenvalue weighted by Gasteiger charge is 2.18. The third kappa shape index (κ3) is 3.11. The van der Waals surface area contributed by atoms with Crippen molar-refractivity contribution in [1.82, 2.24) is 0 Å². The summed E-state index contributed by atoms with van der Waals surface area (Å²) in [7, 11) is 0. The van der Waals surface area contributed by atoms with E-state index in [9.17, 15) is 15.0 Å². The van der Waals surface area contributed by atoms with Gasteiger partial charge in [-0.15, -0.1) is 0 Å². The lowest BCUT2D eigenvalue weighted by Gasteiger charge is -2.14. The van der Waals surface area contributed by atoms with Crippen LogP contribution < -0.4 is 0 Å². The zero-order chi connectivity index (χ0) is 14.7. The Morgan fingerprint density at radius 3 is 2.45 bits per heavy atom. The van der Waals surface area contributed by atoms with E-state index in [1.807, 2.05) is 24.3 Å². The minimum absolute atomic E-state index is 0.0611. The first-order valence-electron chi connectivity index (χ1n) is 5.96. The largest absolute Gasteiger partial charge is 0.504 e. The van der Waals surface area contributed by atoms with E-state index in [1.165, 1.54) is 18.2 Å². The SMILES string of the molecule is C[C@@H](OC(=O)c1cccc(O)c1O)c1ccc(Br)cc1. The van der Waals surface area contributed by atoms with Crippen LogP contribution in [0.5, 0.6) is 11.5 Å². The maximum absolute atomic E-state index is 12.0. The van der Waals surface area contributed by atoms with Gasteiger partial charge in [0.15, 0.2) is 11.5 Å². The fourth-order valence-electron chi connectivity index (χ4n) is 1.72. The van der Waals surface area contributed by atoms with Gasteiger partial charge < -0.3 is 14.9 Å². The van der Waals surface area contributed by atoms with Crippen LogP contribution in [0.25, 0.3) is 0 Å². The Morgan fingerprint density at radius 1 is 1.15 bits per heavy atom. The first kappa shape index (κ1) is 14.4. The van der Waals surface area contributed by atoms with Crippen LogP contribution in [0.2, 0.25) is 0 Å². The molecule has 1 atom stereocenters. The lowest BCUT2D eigenvalue weighted by Crippen LogP contribution is -2.09. The van der Waals surface area contributed by atoms with Crippen LogP contribution in [0.15, 0.2) is 46.9 Å². The van der Waals surface area contributed by atoms with Gasteiger partial charge in [-0.1, -0.05) is 34.1 Å². The second-order valence-corrected chi connectivity index (χ2v) is 5.19. The molecule has 0 aromatic heterocycles. The van der Waals surface area contributed by atoms with E-state index in [-0.39, 0.29) is 11.3 Å². The fourth-order valence-corrected chi connectivity index (χ4v) is 1.99. The zero-order valence-corrected chi connectivity index (χ0v) is 12.3. The molecule has 104 valence electrons. The molecule has 0 radical (unpaired) electrons. The maximum Gasteiger partial charge on any atom is 0.342 e. The lowest BCUT2D eigenvalue weighted by molar-refractivity contribution is 0.0334. The Kier molecular flexibility index (Phi) is 4.29. The Labute approximate surface area is 124 Å². The number of carbonyl (C=O) groups excluding carboxylic acids is 1. The van der Waals surface area contributed by atoms with Crippen molar-refractivity contribution in [1.29, 1.82) is 0 Å². The molecule has 0 amide bonds. The number of esters is 1. The third-order valence-electron chi connectivity index (χ3n) is 2.86. The average molecular weight is 337 g/mol. The number of hydrogen-bond donors (Lipinski definition) is 2. The first-order chi connectivity index (χ1) is 9.49. The predicted molar refractivity (Wildman–Crippen MR) is 77.7 cm³/mol. The van der Waals surface area contributed by atoms with E-state index in [1.54, 1.807) is 6.92 Å². The summed E-state index contributed by atoms with van der Waals surface area (Å²) in [4.78, 5) is 12.0. The summed E-state index contributed by atoms with van der Waals surface area (Å²) in [6.07, 6.45) is -0.461. The van der Waals surface area contributed by atoms with Crippen LogP contribution >= 0.6 is 15.9 Å². The zero-order valence-electron chi connectivity index (χ0n) is 10.7. The van der Waals surface area contributed by atoms with Crippen molar-refractivity contribution in [2.24, 2.45) is 0 Å². The minimum Gasteiger partial charge on any atom is -0.504 e. The van der Waals surface area contributed by atoms with Crippen LogP contribution in [0.1, 0.15) is 28.9 Å². The second kappa shape index (κ2) is 5.96. The monoisotopic (exact) mass is 336 g/mol. The van der Waals surface area contributed by atoms with Gasteiger partial charge in [-0.3, -0.25) is 0 Å². The number of rotatable bonds is 3. The predicted octanol–water partition coefficient (Wildman–Crippen LogP) is 3.78. The molecule has 0 spiro atoms. The highest BCUT2D eigenvalue weighted by Crippen LogP contribution is 2.30. The van der Waals surface area contributed by atoms with Gasteiger partial charge >= 0.3 is 5.97 Å². The van der Waals surface area contributed by atoms with Crippen molar-refractivity contribution in [2.45, 2.75) is 13.0 Å². The fraction of sp³-hybridized carbons (Fsp3) is 0.133. The van der Waals surface area contributed by atoms with Crippen molar-refractivity contribution < 1.29 is 19.7 Å². The van der Waals surface area contributed by atoms with Gasteiger partial charge in [0.1, 0.15) is 11.7 Å². The average Bonchev–Trinajstić information content (AvgIpc) is 2.42. The summed E-state index contributed by atoms with van der Waals surface area (Å²) in [5, 5.41) is 19.0. The molecule has 0 saturated carbocycles. The summed E-state index contributed by atoms with van der Waals surface area (Å²) in [6, 6.07) is 11.5. The molecule has 0 aliphatic rings. The molecule has 4 nitrogen and oxygen atoms in total. The molecule has 5 heteroatoms. The van der Waals surface area contributed by atoms with Gasteiger partial charge in [0, 0.05) is 4.47 Å². The van der Waals surface area contributed by atoms with E-state index in [2.05, 4.69) is 15.9 Å². The summed E-state index contributed by atoms with van der Waals surface area (Å²) in [5.41, 5.74) is 0.773. The summed E-state index contributed by atoms with van der Waals surface area (Å²) >= 11 is 3.33. The Hall–Kier alpha value is -2.01. The third-order valence-corrected chi connectivity index (χ3v) is 3.39. The van der Waals surface area contributed by atoms with Gasteiger partial charge in [0.05, 0.1) is 0 Å². The van der Waals surface area contributed by atoms with E-state index < -0.39 is 17.8 Å². The van der Waals surface area contributed by atoms with Gasteiger partial charge in [0.25, 0.3) is 0 Å². The van der Waals surface area contributed by atoms with Crippen LogP contribution in [0, 0.1) is 0 Å².